The van der Waals surface area contributed by atoms with Crippen LogP contribution < -0.4 is 0 Å². The first kappa shape index (κ1) is 11.8. The highest BCUT2D eigenvalue weighted by atomic mass is 35.5. The molecule has 0 spiro atoms. The summed E-state index contributed by atoms with van der Waals surface area (Å²) in [7, 11) is 0. The van der Waals surface area contributed by atoms with Crippen LogP contribution in [-0.4, -0.2) is 20.5 Å². The van der Waals surface area contributed by atoms with Crippen molar-refractivity contribution in [2.75, 3.05) is 0 Å². The van der Waals surface area contributed by atoms with E-state index in [2.05, 4.69) is 4.98 Å². The molecule has 0 bridgehead atoms. The quantitative estimate of drug-likeness (QED) is 0.841. The van der Waals surface area contributed by atoms with E-state index in [1.807, 2.05) is 0 Å². The van der Waals surface area contributed by atoms with Crippen molar-refractivity contribution < 1.29 is 9.90 Å². The normalized spacial score (nSPS) is 10.0. The van der Waals surface area contributed by atoms with Crippen LogP contribution in [0.5, 0.6) is 0 Å². The number of rotatable bonds is 1. The zero-order valence-corrected chi connectivity index (χ0v) is 9.34. The lowest BCUT2D eigenvalue weighted by atomic mass is 10.3. The first-order valence-electron chi connectivity index (χ1n) is 3.97. The molecular formula is C9H8Cl2N2O2. The average Bonchev–Trinajstić information content (AvgIpc) is 2.43. The Kier molecular flexibility index (Phi) is 3.21. The fraction of sp³-hybridized carbons (Fsp3) is 0.111. The van der Waals surface area contributed by atoms with Gasteiger partial charge in [-0.05, 0) is 19.1 Å². The number of hydrogen-bond acceptors (Lipinski definition) is 2. The Morgan fingerprint density at radius 1 is 1.60 bits per heavy atom. The van der Waals surface area contributed by atoms with E-state index < -0.39 is 5.97 Å². The van der Waals surface area contributed by atoms with E-state index in [9.17, 15) is 4.79 Å². The first-order valence-corrected chi connectivity index (χ1v) is 4.35. The molecule has 0 amide bonds. The van der Waals surface area contributed by atoms with Gasteiger partial charge in [0, 0.05) is 11.2 Å². The lowest BCUT2D eigenvalue weighted by Gasteiger charge is -1.96. The average molecular weight is 247 g/mol. The Morgan fingerprint density at radius 3 is 2.87 bits per heavy atom. The van der Waals surface area contributed by atoms with Crippen molar-refractivity contribution in [1.82, 2.24) is 9.38 Å². The molecule has 0 fully saturated rings. The predicted molar refractivity (Wildman–Crippen MR) is 59.1 cm³/mol. The van der Waals surface area contributed by atoms with Gasteiger partial charge < -0.3 is 9.51 Å². The Morgan fingerprint density at radius 2 is 2.27 bits per heavy atom. The maximum atomic E-state index is 10.8. The number of hydrogen-bond donors (Lipinski definition) is 1. The van der Waals surface area contributed by atoms with Gasteiger partial charge in [-0.1, -0.05) is 11.6 Å². The largest absolute Gasteiger partial charge is 0.476 e. The molecule has 6 heteroatoms. The van der Waals surface area contributed by atoms with Crippen molar-refractivity contribution >= 4 is 35.5 Å². The molecule has 2 aromatic rings. The number of halogens is 2. The molecule has 0 radical (unpaired) electrons. The molecule has 2 aromatic heterocycles. The van der Waals surface area contributed by atoms with Crippen molar-refractivity contribution in [3.8, 4) is 0 Å². The molecule has 2 rings (SSSR count). The predicted octanol–water partition coefficient (Wildman–Crippen LogP) is 2.42. The third kappa shape index (κ3) is 1.91. The van der Waals surface area contributed by atoms with Gasteiger partial charge in [-0.3, -0.25) is 0 Å². The number of fused-ring (bicyclic) bond motifs is 1. The van der Waals surface area contributed by atoms with E-state index in [1.165, 1.54) is 0 Å². The van der Waals surface area contributed by atoms with Crippen LogP contribution in [0.3, 0.4) is 0 Å². The van der Waals surface area contributed by atoms with Crippen LogP contribution >= 0.6 is 24.0 Å². The van der Waals surface area contributed by atoms with Crippen LogP contribution in [-0.2, 0) is 0 Å². The molecular weight excluding hydrogens is 239 g/mol. The summed E-state index contributed by atoms with van der Waals surface area (Å²) in [6, 6.07) is 3.28. The Labute approximate surface area is 96.9 Å². The monoisotopic (exact) mass is 246 g/mol. The summed E-state index contributed by atoms with van der Waals surface area (Å²) in [4.78, 5) is 14.8. The lowest BCUT2D eigenvalue weighted by Crippen LogP contribution is -1.97. The number of aromatic nitrogens is 2. The topological polar surface area (TPSA) is 54.6 Å². The van der Waals surface area contributed by atoms with Crippen molar-refractivity contribution in [1.29, 1.82) is 0 Å². The number of nitrogens with zero attached hydrogens (tertiary/aromatic N) is 2. The Bertz CT molecular complexity index is 522. The zero-order valence-electron chi connectivity index (χ0n) is 7.77. The van der Waals surface area contributed by atoms with Gasteiger partial charge >= 0.3 is 5.97 Å². The van der Waals surface area contributed by atoms with Gasteiger partial charge in [-0.2, -0.15) is 0 Å². The molecule has 15 heavy (non-hydrogen) atoms. The van der Waals surface area contributed by atoms with Crippen LogP contribution in [0, 0.1) is 6.92 Å². The van der Waals surface area contributed by atoms with Gasteiger partial charge in [0.2, 0.25) is 0 Å². The highest BCUT2D eigenvalue weighted by Gasteiger charge is 2.14. The summed E-state index contributed by atoms with van der Waals surface area (Å²) in [6.45, 7) is 1.74. The number of aryl methyl sites for hydroxylation is 1. The summed E-state index contributed by atoms with van der Waals surface area (Å²) < 4.78 is 1.69. The van der Waals surface area contributed by atoms with E-state index in [0.29, 0.717) is 16.4 Å². The van der Waals surface area contributed by atoms with Crippen LogP contribution in [0.2, 0.25) is 5.02 Å². The molecule has 1 N–H and O–H groups in total. The Balaban J connectivity index is 0.00000112. The van der Waals surface area contributed by atoms with E-state index in [-0.39, 0.29) is 18.1 Å². The van der Waals surface area contributed by atoms with Gasteiger partial charge in [0.25, 0.3) is 0 Å². The fourth-order valence-electron chi connectivity index (χ4n) is 1.37. The summed E-state index contributed by atoms with van der Waals surface area (Å²) in [5.74, 6) is -0.410. The van der Waals surface area contributed by atoms with Crippen LogP contribution in [0.4, 0.5) is 0 Å². The van der Waals surface area contributed by atoms with Gasteiger partial charge in [0.15, 0.2) is 5.69 Å². The third-order valence-electron chi connectivity index (χ3n) is 1.98. The van der Waals surface area contributed by atoms with Crippen molar-refractivity contribution in [3.63, 3.8) is 0 Å². The highest BCUT2D eigenvalue weighted by molar-refractivity contribution is 6.31. The molecule has 0 aromatic carbocycles. The fourth-order valence-corrected chi connectivity index (χ4v) is 1.53. The lowest BCUT2D eigenvalue weighted by molar-refractivity contribution is 0.0693. The number of imidazole rings is 1. The van der Waals surface area contributed by atoms with E-state index in [0.717, 1.165) is 0 Å². The summed E-state index contributed by atoms with van der Waals surface area (Å²) >= 11 is 5.77. The first-order chi connectivity index (χ1) is 6.59. The van der Waals surface area contributed by atoms with Crippen molar-refractivity contribution in [2.45, 2.75) is 6.92 Å². The van der Waals surface area contributed by atoms with E-state index in [1.54, 1.807) is 29.7 Å². The number of aromatic carboxylic acids is 1. The molecule has 0 atom stereocenters. The molecule has 0 unspecified atom stereocenters. The number of carbonyl (C=O) groups is 1. The van der Waals surface area contributed by atoms with Gasteiger partial charge in [-0.15, -0.1) is 12.4 Å². The van der Waals surface area contributed by atoms with Crippen molar-refractivity contribution in [3.05, 3.63) is 34.9 Å². The number of carboxylic acids is 1. The van der Waals surface area contributed by atoms with Gasteiger partial charge in [0.1, 0.15) is 5.82 Å². The molecule has 2 heterocycles. The minimum atomic E-state index is -1.04. The standard InChI is InChI=1S/C9H7ClN2O2.ClH/c1-5-11-8(9(13)14)7-4-6(10)2-3-12(5)7;/h2-4H,1H3,(H,13,14);1H. The molecule has 80 valence electrons. The van der Waals surface area contributed by atoms with Gasteiger partial charge in [-0.25, -0.2) is 9.78 Å². The zero-order chi connectivity index (χ0) is 10.3. The molecule has 0 saturated heterocycles. The second-order valence-corrected chi connectivity index (χ2v) is 3.35. The second-order valence-electron chi connectivity index (χ2n) is 2.91. The Hall–Kier alpha value is -1.26. The van der Waals surface area contributed by atoms with Crippen LogP contribution in [0.25, 0.3) is 5.52 Å². The summed E-state index contributed by atoms with van der Waals surface area (Å²) in [5, 5.41) is 9.37. The van der Waals surface area contributed by atoms with Crippen molar-refractivity contribution in [2.24, 2.45) is 0 Å². The molecule has 0 aliphatic rings. The molecule has 0 aliphatic carbocycles. The SMILES string of the molecule is Cc1nc(C(=O)O)c2cc(Cl)ccn12.Cl. The minimum absolute atomic E-state index is 0. The van der Waals surface area contributed by atoms with Gasteiger partial charge in [0.05, 0.1) is 5.52 Å². The third-order valence-corrected chi connectivity index (χ3v) is 2.22. The number of carboxylic acid groups (broad SMARTS) is 1. The minimum Gasteiger partial charge on any atom is -0.476 e. The van der Waals surface area contributed by atoms with Crippen LogP contribution in [0.1, 0.15) is 16.3 Å². The van der Waals surface area contributed by atoms with E-state index >= 15 is 0 Å². The molecule has 0 saturated carbocycles. The summed E-state index contributed by atoms with van der Waals surface area (Å²) in [5.41, 5.74) is 0.549. The van der Waals surface area contributed by atoms with E-state index in [4.69, 9.17) is 16.7 Å². The maximum absolute atomic E-state index is 10.8. The molecule has 0 aliphatic heterocycles. The molecule has 4 nitrogen and oxygen atoms in total. The highest BCUT2D eigenvalue weighted by Crippen LogP contribution is 2.17. The maximum Gasteiger partial charge on any atom is 0.356 e. The summed E-state index contributed by atoms with van der Waals surface area (Å²) in [6.07, 6.45) is 1.70. The smallest absolute Gasteiger partial charge is 0.356 e. The second kappa shape index (κ2) is 4.08. The number of pyridine rings is 1. The van der Waals surface area contributed by atoms with Crippen LogP contribution in [0.15, 0.2) is 18.3 Å².